The van der Waals surface area contributed by atoms with E-state index in [1.807, 2.05) is 6.07 Å². The number of carbonyl (C=O) groups excluding carboxylic acids is 2. The first kappa shape index (κ1) is 18.2. The van der Waals surface area contributed by atoms with Gasteiger partial charge in [-0.1, -0.05) is 18.2 Å². The molecule has 2 aromatic carbocycles. The van der Waals surface area contributed by atoms with Crippen LogP contribution in [-0.4, -0.2) is 60.5 Å². The van der Waals surface area contributed by atoms with Gasteiger partial charge in [0.1, 0.15) is 23.8 Å². The highest BCUT2D eigenvalue weighted by atomic mass is 19.1. The van der Waals surface area contributed by atoms with E-state index in [-0.39, 0.29) is 38.7 Å². The molecule has 28 heavy (non-hydrogen) atoms. The largest absolute Gasteiger partial charge is 0.485 e. The third-order valence-electron chi connectivity index (χ3n) is 4.84. The minimum absolute atomic E-state index is 0.107. The molecule has 1 unspecified atom stereocenters. The second kappa shape index (κ2) is 7.46. The van der Waals surface area contributed by atoms with Gasteiger partial charge in [-0.2, -0.15) is 0 Å². The van der Waals surface area contributed by atoms with Gasteiger partial charge >= 0.3 is 0 Å². The number of fused-ring (bicyclic) bond motifs is 1. The molecule has 0 saturated carbocycles. The molecule has 4 rings (SSSR count). The Balaban J connectivity index is 1.38. The molecule has 6 nitrogen and oxygen atoms in total. The zero-order valence-corrected chi connectivity index (χ0v) is 14.9. The summed E-state index contributed by atoms with van der Waals surface area (Å²) in [5.74, 6) is -1.64. The molecule has 0 spiro atoms. The van der Waals surface area contributed by atoms with Crippen molar-refractivity contribution in [1.82, 2.24) is 9.80 Å². The monoisotopic (exact) mass is 388 g/mol. The lowest BCUT2D eigenvalue weighted by Crippen LogP contribution is -2.55. The van der Waals surface area contributed by atoms with Gasteiger partial charge in [0.05, 0.1) is 0 Å². The van der Waals surface area contributed by atoms with Gasteiger partial charge in [-0.25, -0.2) is 8.78 Å². The van der Waals surface area contributed by atoms with Crippen molar-refractivity contribution in [2.45, 2.75) is 6.10 Å². The first-order valence-electron chi connectivity index (χ1n) is 8.95. The number of ether oxygens (including phenoxy) is 2. The lowest BCUT2D eigenvalue weighted by molar-refractivity contribution is -0.142. The van der Waals surface area contributed by atoms with Gasteiger partial charge in [-0.3, -0.25) is 9.59 Å². The molecule has 0 aliphatic carbocycles. The van der Waals surface area contributed by atoms with Crippen LogP contribution < -0.4 is 9.47 Å². The summed E-state index contributed by atoms with van der Waals surface area (Å²) in [6.45, 7) is 0.977. The van der Waals surface area contributed by atoms with Gasteiger partial charge in [-0.15, -0.1) is 0 Å². The standard InChI is InChI=1S/C20H18F2N2O4/c21-13-4-3-5-14(22)18(13)20(26)24-10-8-23(9-11-24)19(25)17-12-27-15-6-1-2-7-16(15)28-17/h1-7,17H,8-12H2. The number of carbonyl (C=O) groups is 2. The molecular formula is C20H18F2N2O4. The number of hydrogen-bond acceptors (Lipinski definition) is 4. The van der Waals surface area contributed by atoms with E-state index >= 15 is 0 Å². The molecule has 1 atom stereocenters. The van der Waals surface area contributed by atoms with E-state index in [9.17, 15) is 18.4 Å². The van der Waals surface area contributed by atoms with Gasteiger partial charge in [0, 0.05) is 26.2 Å². The second-order valence-corrected chi connectivity index (χ2v) is 6.58. The van der Waals surface area contributed by atoms with Crippen molar-refractivity contribution >= 4 is 11.8 Å². The van der Waals surface area contributed by atoms with Crippen LogP contribution in [-0.2, 0) is 4.79 Å². The summed E-state index contributed by atoms with van der Waals surface area (Å²) in [5.41, 5.74) is -0.567. The van der Waals surface area contributed by atoms with E-state index in [4.69, 9.17) is 9.47 Å². The Morgan fingerprint density at radius 2 is 1.46 bits per heavy atom. The molecule has 0 bridgehead atoms. The Hall–Kier alpha value is -3.16. The zero-order chi connectivity index (χ0) is 19.7. The highest BCUT2D eigenvalue weighted by molar-refractivity contribution is 5.95. The van der Waals surface area contributed by atoms with Crippen molar-refractivity contribution in [3.05, 3.63) is 59.7 Å². The summed E-state index contributed by atoms with van der Waals surface area (Å²) in [4.78, 5) is 28.1. The maximum absolute atomic E-state index is 13.8. The topological polar surface area (TPSA) is 59.1 Å². The Kier molecular flexibility index (Phi) is 4.85. The van der Waals surface area contributed by atoms with Crippen molar-refractivity contribution in [2.24, 2.45) is 0 Å². The molecule has 0 N–H and O–H groups in total. The van der Waals surface area contributed by atoms with Gasteiger partial charge in [0.2, 0.25) is 6.10 Å². The van der Waals surface area contributed by atoms with Crippen LogP contribution in [0.1, 0.15) is 10.4 Å². The number of amides is 2. The molecule has 2 amide bonds. The first-order chi connectivity index (χ1) is 13.5. The SMILES string of the molecule is O=C(c1c(F)cccc1F)N1CCN(C(=O)C2COc3ccccc3O2)CC1. The average Bonchev–Trinajstić information content (AvgIpc) is 2.73. The minimum Gasteiger partial charge on any atom is -0.485 e. The van der Waals surface area contributed by atoms with E-state index in [2.05, 4.69) is 0 Å². The molecule has 1 fully saturated rings. The fourth-order valence-electron chi connectivity index (χ4n) is 3.34. The van der Waals surface area contributed by atoms with E-state index in [0.29, 0.717) is 11.5 Å². The number of hydrogen-bond donors (Lipinski definition) is 0. The fraction of sp³-hybridized carbons (Fsp3) is 0.300. The summed E-state index contributed by atoms with van der Waals surface area (Å²) < 4.78 is 39.0. The van der Waals surface area contributed by atoms with Crippen molar-refractivity contribution in [3.63, 3.8) is 0 Å². The fourth-order valence-corrected chi connectivity index (χ4v) is 3.34. The number of nitrogens with zero attached hydrogens (tertiary/aromatic N) is 2. The normalized spacial score (nSPS) is 18.7. The number of halogens is 2. The van der Waals surface area contributed by atoms with Crippen LogP contribution in [0.3, 0.4) is 0 Å². The van der Waals surface area contributed by atoms with Crippen molar-refractivity contribution in [3.8, 4) is 11.5 Å². The number of rotatable bonds is 2. The lowest BCUT2D eigenvalue weighted by Gasteiger charge is -2.37. The van der Waals surface area contributed by atoms with Crippen molar-refractivity contribution < 1.29 is 27.8 Å². The summed E-state index contributed by atoms with van der Waals surface area (Å²) in [6, 6.07) is 10.4. The van der Waals surface area contributed by atoms with Crippen molar-refractivity contribution in [1.29, 1.82) is 0 Å². The molecule has 0 radical (unpaired) electrons. The van der Waals surface area contributed by atoms with Gasteiger partial charge in [0.15, 0.2) is 11.5 Å². The van der Waals surface area contributed by atoms with Gasteiger partial charge in [0.25, 0.3) is 11.8 Å². The number of benzene rings is 2. The second-order valence-electron chi connectivity index (χ2n) is 6.58. The Bertz CT molecular complexity index is 893. The van der Waals surface area contributed by atoms with Crippen LogP contribution in [0.25, 0.3) is 0 Å². The summed E-state index contributed by atoms with van der Waals surface area (Å²) in [5, 5.41) is 0. The van der Waals surface area contributed by atoms with E-state index in [0.717, 1.165) is 12.1 Å². The molecule has 146 valence electrons. The quantitative estimate of drug-likeness (QED) is 0.791. The van der Waals surface area contributed by atoms with E-state index in [1.165, 1.54) is 11.0 Å². The number of piperazine rings is 1. The molecule has 2 aliphatic heterocycles. The molecule has 8 heteroatoms. The molecule has 2 aromatic rings. The predicted octanol–water partition coefficient (Wildman–Crippen LogP) is 2.09. The molecule has 0 aromatic heterocycles. The highest BCUT2D eigenvalue weighted by Gasteiger charge is 2.34. The summed E-state index contributed by atoms with van der Waals surface area (Å²) >= 11 is 0. The predicted molar refractivity (Wildman–Crippen MR) is 95.2 cm³/mol. The molecule has 2 aliphatic rings. The summed E-state index contributed by atoms with van der Waals surface area (Å²) in [7, 11) is 0. The molecular weight excluding hydrogens is 370 g/mol. The zero-order valence-electron chi connectivity index (χ0n) is 14.9. The Labute approximate surface area is 160 Å². The van der Waals surface area contributed by atoms with E-state index in [1.54, 1.807) is 23.1 Å². The van der Waals surface area contributed by atoms with Crippen LogP contribution in [0.2, 0.25) is 0 Å². The maximum atomic E-state index is 13.8. The minimum atomic E-state index is -0.894. The Morgan fingerprint density at radius 3 is 2.14 bits per heavy atom. The van der Waals surface area contributed by atoms with Crippen LogP contribution >= 0.6 is 0 Å². The number of para-hydroxylation sites is 2. The highest BCUT2D eigenvalue weighted by Crippen LogP contribution is 2.31. The van der Waals surface area contributed by atoms with Crippen LogP contribution in [0.5, 0.6) is 11.5 Å². The van der Waals surface area contributed by atoms with Gasteiger partial charge < -0.3 is 19.3 Å². The van der Waals surface area contributed by atoms with Crippen LogP contribution in [0, 0.1) is 11.6 Å². The molecule has 2 heterocycles. The summed E-state index contributed by atoms with van der Waals surface area (Å²) in [6.07, 6.45) is -0.763. The van der Waals surface area contributed by atoms with E-state index < -0.39 is 29.2 Å². The molecule has 1 saturated heterocycles. The maximum Gasteiger partial charge on any atom is 0.267 e. The Morgan fingerprint density at radius 1 is 0.857 bits per heavy atom. The lowest BCUT2D eigenvalue weighted by atomic mass is 10.1. The van der Waals surface area contributed by atoms with Gasteiger partial charge in [-0.05, 0) is 24.3 Å². The van der Waals surface area contributed by atoms with Crippen LogP contribution in [0.15, 0.2) is 42.5 Å². The third-order valence-corrected chi connectivity index (χ3v) is 4.84. The van der Waals surface area contributed by atoms with Crippen LogP contribution in [0.4, 0.5) is 8.78 Å². The first-order valence-corrected chi connectivity index (χ1v) is 8.95. The average molecular weight is 388 g/mol. The van der Waals surface area contributed by atoms with Crippen molar-refractivity contribution in [2.75, 3.05) is 32.8 Å². The third kappa shape index (κ3) is 3.37. The smallest absolute Gasteiger partial charge is 0.267 e.